The summed E-state index contributed by atoms with van der Waals surface area (Å²) in [4.78, 5) is 17.0. The van der Waals surface area contributed by atoms with Crippen LogP contribution in [0.5, 0.6) is 0 Å². The molecule has 0 N–H and O–H groups in total. The second-order valence-electron chi connectivity index (χ2n) is 3.95. The first kappa shape index (κ1) is 13.9. The fourth-order valence-corrected chi connectivity index (χ4v) is 2.00. The number of nitroso groups, excluding NO2 is 1. The van der Waals surface area contributed by atoms with Crippen molar-refractivity contribution in [1.82, 2.24) is 4.98 Å². The van der Waals surface area contributed by atoms with E-state index in [2.05, 4.69) is 22.0 Å². The molecule has 0 aromatic carbocycles. The minimum absolute atomic E-state index is 0.185. The normalized spacial score (nSPS) is 10.4. The van der Waals surface area contributed by atoms with E-state index in [0.29, 0.717) is 0 Å². The Morgan fingerprint density at radius 1 is 1.47 bits per heavy atom. The van der Waals surface area contributed by atoms with Crippen LogP contribution < -0.4 is 4.90 Å². The highest BCUT2D eigenvalue weighted by molar-refractivity contribution is 6.32. The van der Waals surface area contributed by atoms with Gasteiger partial charge in [0.25, 0.3) is 0 Å². The summed E-state index contributed by atoms with van der Waals surface area (Å²) >= 11 is 5.94. The Hall–Kier alpha value is -1.16. The zero-order valence-electron chi connectivity index (χ0n) is 10.5. The molecular weight excluding hydrogens is 238 g/mol. The smallest absolute Gasteiger partial charge is 0.168 e. The van der Waals surface area contributed by atoms with Gasteiger partial charge in [0.05, 0.1) is 5.69 Å². The molecule has 0 fully saturated rings. The van der Waals surface area contributed by atoms with Crippen LogP contribution in [0.25, 0.3) is 0 Å². The van der Waals surface area contributed by atoms with Crippen molar-refractivity contribution in [3.63, 3.8) is 0 Å². The minimum Gasteiger partial charge on any atom is -0.370 e. The Bertz CT molecular complexity index is 396. The van der Waals surface area contributed by atoms with Crippen LogP contribution in [0.1, 0.15) is 32.4 Å². The predicted molar refractivity (Wildman–Crippen MR) is 72.2 cm³/mol. The molecule has 0 saturated heterocycles. The van der Waals surface area contributed by atoms with Crippen LogP contribution in [-0.2, 0) is 0 Å². The molecule has 1 heterocycles. The molecule has 94 valence electrons. The molecule has 0 aliphatic rings. The highest BCUT2D eigenvalue weighted by Crippen LogP contribution is 2.35. The number of aryl methyl sites for hydroxylation is 1. The van der Waals surface area contributed by atoms with E-state index < -0.39 is 0 Å². The third kappa shape index (κ3) is 3.40. The van der Waals surface area contributed by atoms with Crippen LogP contribution in [0.3, 0.4) is 0 Å². The molecule has 1 aromatic rings. The summed E-state index contributed by atoms with van der Waals surface area (Å²) in [5.74, 6) is 0. The molecule has 0 radical (unpaired) electrons. The molecule has 5 heteroatoms. The molecule has 0 bridgehead atoms. The van der Waals surface area contributed by atoms with Crippen LogP contribution in [-0.4, -0.2) is 18.1 Å². The molecule has 0 atom stereocenters. The number of aromatic nitrogens is 1. The van der Waals surface area contributed by atoms with E-state index in [1.807, 2.05) is 19.9 Å². The van der Waals surface area contributed by atoms with Gasteiger partial charge in [0.1, 0.15) is 0 Å². The highest BCUT2D eigenvalue weighted by atomic mass is 35.5. The van der Waals surface area contributed by atoms with E-state index in [0.717, 1.165) is 37.3 Å². The Morgan fingerprint density at radius 3 is 2.71 bits per heavy atom. The fraction of sp³-hybridized carbons (Fsp3) is 0.583. The molecule has 0 unspecified atom stereocenters. The van der Waals surface area contributed by atoms with Crippen LogP contribution in [0.4, 0.5) is 11.4 Å². The van der Waals surface area contributed by atoms with Gasteiger partial charge in [0.2, 0.25) is 0 Å². The van der Waals surface area contributed by atoms with Gasteiger partial charge in [-0.1, -0.05) is 24.9 Å². The van der Waals surface area contributed by atoms with Gasteiger partial charge in [-0.05, 0) is 31.5 Å². The lowest BCUT2D eigenvalue weighted by atomic mass is 10.2. The standard InChI is InChI=1S/C12H18ClN3O/c1-4-6-7-16(5-2)10-8-9(3)14-12(13)11(10)15-17/h8H,4-7H2,1-3H3. The van der Waals surface area contributed by atoms with Crippen molar-refractivity contribution in [3.05, 3.63) is 21.8 Å². The summed E-state index contributed by atoms with van der Waals surface area (Å²) in [5, 5.41) is 3.19. The van der Waals surface area contributed by atoms with Crippen LogP contribution in [0.2, 0.25) is 5.15 Å². The summed E-state index contributed by atoms with van der Waals surface area (Å²) < 4.78 is 0. The molecule has 1 rings (SSSR count). The maximum atomic E-state index is 10.9. The van der Waals surface area contributed by atoms with E-state index in [4.69, 9.17) is 11.6 Å². The molecule has 0 aliphatic carbocycles. The van der Waals surface area contributed by atoms with Gasteiger partial charge in [-0.15, -0.1) is 4.91 Å². The van der Waals surface area contributed by atoms with E-state index in [-0.39, 0.29) is 10.8 Å². The molecule has 17 heavy (non-hydrogen) atoms. The van der Waals surface area contributed by atoms with Gasteiger partial charge in [0, 0.05) is 18.8 Å². The molecule has 4 nitrogen and oxygen atoms in total. The van der Waals surface area contributed by atoms with E-state index in [1.54, 1.807) is 0 Å². The lowest BCUT2D eigenvalue weighted by Gasteiger charge is -2.24. The van der Waals surface area contributed by atoms with Gasteiger partial charge in [-0.3, -0.25) is 0 Å². The maximum Gasteiger partial charge on any atom is 0.168 e. The topological polar surface area (TPSA) is 45.6 Å². The van der Waals surface area contributed by atoms with Crippen molar-refractivity contribution in [1.29, 1.82) is 0 Å². The van der Waals surface area contributed by atoms with E-state index in [1.165, 1.54) is 0 Å². The van der Waals surface area contributed by atoms with Gasteiger partial charge in [0.15, 0.2) is 10.8 Å². The largest absolute Gasteiger partial charge is 0.370 e. The number of hydrogen-bond donors (Lipinski definition) is 0. The molecule has 0 spiro atoms. The van der Waals surface area contributed by atoms with Crippen LogP contribution >= 0.6 is 11.6 Å². The lowest BCUT2D eigenvalue weighted by Crippen LogP contribution is -2.24. The van der Waals surface area contributed by atoms with Crippen molar-refractivity contribution < 1.29 is 0 Å². The number of pyridine rings is 1. The van der Waals surface area contributed by atoms with Crippen LogP contribution in [0, 0.1) is 11.8 Å². The van der Waals surface area contributed by atoms with Crippen molar-refractivity contribution >= 4 is 23.0 Å². The molecular formula is C12H18ClN3O. The minimum atomic E-state index is 0.185. The van der Waals surface area contributed by atoms with Crippen molar-refractivity contribution in [2.45, 2.75) is 33.6 Å². The Labute approximate surface area is 107 Å². The second-order valence-corrected chi connectivity index (χ2v) is 4.30. The molecule has 1 aromatic heterocycles. The summed E-state index contributed by atoms with van der Waals surface area (Å²) in [6.07, 6.45) is 2.18. The first-order valence-corrected chi connectivity index (χ1v) is 6.27. The molecule has 0 aliphatic heterocycles. The van der Waals surface area contributed by atoms with Crippen molar-refractivity contribution in [2.75, 3.05) is 18.0 Å². The van der Waals surface area contributed by atoms with E-state index in [9.17, 15) is 4.91 Å². The van der Waals surface area contributed by atoms with Gasteiger partial charge in [-0.2, -0.15) is 0 Å². The second kappa shape index (κ2) is 6.55. The SMILES string of the molecule is CCCCN(CC)c1cc(C)nc(Cl)c1N=O. The maximum absolute atomic E-state index is 10.9. The zero-order chi connectivity index (χ0) is 12.8. The van der Waals surface area contributed by atoms with Crippen molar-refractivity contribution in [2.24, 2.45) is 5.18 Å². The number of nitrogens with zero attached hydrogens (tertiary/aromatic N) is 3. The van der Waals surface area contributed by atoms with Gasteiger partial charge < -0.3 is 4.90 Å². The highest BCUT2D eigenvalue weighted by Gasteiger charge is 2.15. The third-order valence-electron chi connectivity index (χ3n) is 2.65. The fourth-order valence-electron chi connectivity index (χ4n) is 1.74. The number of unbranched alkanes of at least 4 members (excludes halogenated alkanes) is 1. The molecule has 0 saturated carbocycles. The molecule has 0 amide bonds. The Kier molecular flexibility index (Phi) is 5.35. The van der Waals surface area contributed by atoms with Crippen molar-refractivity contribution in [3.8, 4) is 0 Å². The Balaban J connectivity index is 3.12. The summed E-state index contributed by atoms with van der Waals surface area (Å²) in [7, 11) is 0. The quantitative estimate of drug-likeness (QED) is 0.569. The van der Waals surface area contributed by atoms with E-state index >= 15 is 0 Å². The zero-order valence-corrected chi connectivity index (χ0v) is 11.3. The summed E-state index contributed by atoms with van der Waals surface area (Å²) in [6.45, 7) is 7.76. The van der Waals surface area contributed by atoms with Gasteiger partial charge in [-0.25, -0.2) is 4.98 Å². The summed E-state index contributed by atoms with van der Waals surface area (Å²) in [5.41, 5.74) is 1.83. The number of hydrogen-bond acceptors (Lipinski definition) is 4. The number of halogens is 1. The van der Waals surface area contributed by atoms with Gasteiger partial charge >= 0.3 is 0 Å². The number of rotatable bonds is 6. The predicted octanol–water partition coefficient (Wildman–Crippen LogP) is 4.07. The Morgan fingerprint density at radius 2 is 2.18 bits per heavy atom. The first-order chi connectivity index (χ1) is 8.13. The average Bonchev–Trinajstić information content (AvgIpc) is 2.29. The lowest BCUT2D eigenvalue weighted by molar-refractivity contribution is 0.731. The third-order valence-corrected chi connectivity index (χ3v) is 2.92. The average molecular weight is 256 g/mol. The first-order valence-electron chi connectivity index (χ1n) is 5.89. The van der Waals surface area contributed by atoms with Crippen LogP contribution in [0.15, 0.2) is 11.2 Å². The number of anilines is 1. The summed E-state index contributed by atoms with van der Waals surface area (Å²) in [6, 6.07) is 1.86. The monoisotopic (exact) mass is 255 g/mol.